The fraction of sp³-hybridized carbons (Fsp3) is 0.545. The highest BCUT2D eigenvalue weighted by Crippen LogP contribution is 2.10. The van der Waals surface area contributed by atoms with E-state index in [1.165, 1.54) is 0 Å². The molecule has 0 aromatic carbocycles. The number of rotatable bonds is 6. The molecule has 0 fully saturated rings. The maximum absolute atomic E-state index is 11.6. The van der Waals surface area contributed by atoms with Crippen LogP contribution in [0, 0.1) is 0 Å². The highest BCUT2D eigenvalue weighted by Gasteiger charge is 2.21. The Morgan fingerprint density at radius 2 is 2.22 bits per heavy atom. The summed E-state index contributed by atoms with van der Waals surface area (Å²) in [6, 6.07) is -0.346. The van der Waals surface area contributed by atoms with E-state index in [9.17, 15) is 9.59 Å². The van der Waals surface area contributed by atoms with E-state index >= 15 is 0 Å². The Bertz CT molecular complexity index is 400. The van der Waals surface area contributed by atoms with Gasteiger partial charge in [-0.25, -0.2) is 9.78 Å². The first-order chi connectivity index (χ1) is 8.39. The first-order valence-corrected chi connectivity index (χ1v) is 5.65. The van der Waals surface area contributed by atoms with Gasteiger partial charge in [0.2, 0.25) is 0 Å². The molecule has 0 radical (unpaired) electrons. The summed E-state index contributed by atoms with van der Waals surface area (Å²) >= 11 is 0. The molecular weight excluding hydrogens is 236 g/mol. The topological polar surface area (TPSA) is 107 Å². The normalized spacial score (nSPS) is 11.0. The molecule has 1 rings (SSSR count). The second-order valence-electron chi connectivity index (χ2n) is 4.62. The molecule has 1 aromatic heterocycles. The molecule has 0 saturated heterocycles. The number of aliphatic carboxylic acids is 1. The van der Waals surface area contributed by atoms with Crippen molar-refractivity contribution in [3.05, 3.63) is 18.2 Å². The molecule has 7 heteroatoms. The first kappa shape index (κ1) is 14.0. The number of urea groups is 1. The van der Waals surface area contributed by atoms with Gasteiger partial charge in [0.1, 0.15) is 5.82 Å². The maximum atomic E-state index is 11.6. The summed E-state index contributed by atoms with van der Waals surface area (Å²) in [5.74, 6) is -0.214. The SMILES string of the molecule is CC(C)(CCC(=O)O)NC(=O)NCc1ncc[nH]1. The van der Waals surface area contributed by atoms with Crippen LogP contribution in [0.1, 0.15) is 32.5 Å². The van der Waals surface area contributed by atoms with Crippen molar-refractivity contribution in [3.63, 3.8) is 0 Å². The van der Waals surface area contributed by atoms with Gasteiger partial charge in [0.05, 0.1) is 6.54 Å². The molecular formula is C11H18N4O3. The van der Waals surface area contributed by atoms with E-state index < -0.39 is 11.5 Å². The molecule has 0 aliphatic heterocycles. The van der Waals surface area contributed by atoms with E-state index in [1.807, 2.05) is 0 Å². The number of carbonyl (C=O) groups is 2. The van der Waals surface area contributed by atoms with Crippen LogP contribution in [0.15, 0.2) is 12.4 Å². The lowest BCUT2D eigenvalue weighted by atomic mass is 9.99. The number of hydrogen-bond acceptors (Lipinski definition) is 3. The van der Waals surface area contributed by atoms with Gasteiger partial charge in [0.15, 0.2) is 0 Å². The zero-order chi connectivity index (χ0) is 13.6. The molecule has 4 N–H and O–H groups in total. The Kier molecular flexibility index (Phi) is 4.70. The number of amides is 2. The number of carboxylic acid groups (broad SMARTS) is 1. The van der Waals surface area contributed by atoms with Crippen molar-refractivity contribution >= 4 is 12.0 Å². The second-order valence-corrected chi connectivity index (χ2v) is 4.62. The predicted octanol–water partition coefficient (Wildman–Crippen LogP) is 0.852. The molecule has 0 bridgehead atoms. The van der Waals surface area contributed by atoms with Crippen LogP contribution in [-0.4, -0.2) is 32.6 Å². The second kappa shape index (κ2) is 6.04. The highest BCUT2D eigenvalue weighted by molar-refractivity contribution is 5.74. The zero-order valence-corrected chi connectivity index (χ0v) is 10.5. The standard InChI is InChI=1S/C11H18N4O3/c1-11(2,4-3-9(16)17)15-10(18)14-7-8-12-5-6-13-8/h5-6H,3-4,7H2,1-2H3,(H,12,13)(H,16,17)(H2,14,15,18). The van der Waals surface area contributed by atoms with Crippen LogP contribution in [0.5, 0.6) is 0 Å². The quantitative estimate of drug-likeness (QED) is 0.603. The number of nitrogens with zero attached hydrogens (tertiary/aromatic N) is 1. The van der Waals surface area contributed by atoms with E-state index in [0.29, 0.717) is 18.8 Å². The molecule has 1 aromatic rings. The summed E-state index contributed by atoms with van der Waals surface area (Å²) in [5.41, 5.74) is -0.564. The number of hydrogen-bond donors (Lipinski definition) is 4. The lowest BCUT2D eigenvalue weighted by Crippen LogP contribution is -2.48. The van der Waals surface area contributed by atoms with Crippen molar-refractivity contribution in [3.8, 4) is 0 Å². The average molecular weight is 254 g/mol. The van der Waals surface area contributed by atoms with Crippen molar-refractivity contribution in [1.82, 2.24) is 20.6 Å². The Morgan fingerprint density at radius 1 is 1.50 bits per heavy atom. The van der Waals surface area contributed by atoms with Crippen LogP contribution >= 0.6 is 0 Å². The molecule has 7 nitrogen and oxygen atoms in total. The molecule has 0 unspecified atom stereocenters. The lowest BCUT2D eigenvalue weighted by molar-refractivity contribution is -0.137. The Labute approximate surface area is 105 Å². The molecule has 100 valence electrons. The molecule has 1 heterocycles. The Morgan fingerprint density at radius 3 is 2.78 bits per heavy atom. The van der Waals surface area contributed by atoms with Crippen LogP contribution in [0.2, 0.25) is 0 Å². The predicted molar refractivity (Wildman–Crippen MR) is 64.9 cm³/mol. The third-order valence-corrected chi connectivity index (χ3v) is 2.39. The molecule has 0 spiro atoms. The summed E-state index contributed by atoms with van der Waals surface area (Å²) in [6.07, 6.45) is 3.67. The van der Waals surface area contributed by atoms with Gasteiger partial charge >= 0.3 is 12.0 Å². The van der Waals surface area contributed by atoms with E-state index in [-0.39, 0.29) is 12.5 Å². The third kappa shape index (κ3) is 5.33. The van der Waals surface area contributed by atoms with E-state index in [4.69, 9.17) is 5.11 Å². The third-order valence-electron chi connectivity index (χ3n) is 2.39. The van der Waals surface area contributed by atoms with Gasteiger partial charge in [-0.3, -0.25) is 4.79 Å². The molecule has 0 aliphatic carbocycles. The van der Waals surface area contributed by atoms with Gasteiger partial charge < -0.3 is 20.7 Å². The van der Waals surface area contributed by atoms with Crippen LogP contribution in [0.4, 0.5) is 4.79 Å². The first-order valence-electron chi connectivity index (χ1n) is 5.65. The minimum absolute atomic E-state index is 0.0193. The van der Waals surface area contributed by atoms with Gasteiger partial charge in [-0.15, -0.1) is 0 Å². The number of carbonyl (C=O) groups excluding carboxylic acids is 1. The number of carboxylic acids is 1. The van der Waals surface area contributed by atoms with Gasteiger partial charge in [0.25, 0.3) is 0 Å². The number of H-pyrrole nitrogens is 1. The van der Waals surface area contributed by atoms with Gasteiger partial charge in [-0.2, -0.15) is 0 Å². The number of aromatic amines is 1. The number of imidazole rings is 1. The van der Waals surface area contributed by atoms with Crippen molar-refractivity contribution in [2.45, 2.75) is 38.8 Å². The molecule has 0 saturated carbocycles. The van der Waals surface area contributed by atoms with Gasteiger partial charge in [0, 0.05) is 24.4 Å². The molecule has 2 amide bonds. The highest BCUT2D eigenvalue weighted by atomic mass is 16.4. The van der Waals surface area contributed by atoms with Crippen molar-refractivity contribution in [2.75, 3.05) is 0 Å². The monoisotopic (exact) mass is 254 g/mol. The molecule has 18 heavy (non-hydrogen) atoms. The van der Waals surface area contributed by atoms with Crippen LogP contribution in [0.3, 0.4) is 0 Å². The van der Waals surface area contributed by atoms with Gasteiger partial charge in [-0.05, 0) is 20.3 Å². The molecule has 0 atom stereocenters. The Hall–Kier alpha value is -2.05. The fourth-order valence-corrected chi connectivity index (χ4v) is 1.39. The largest absolute Gasteiger partial charge is 0.481 e. The van der Waals surface area contributed by atoms with Crippen LogP contribution < -0.4 is 10.6 Å². The van der Waals surface area contributed by atoms with Crippen LogP contribution in [-0.2, 0) is 11.3 Å². The molecule has 0 aliphatic rings. The minimum Gasteiger partial charge on any atom is -0.481 e. The van der Waals surface area contributed by atoms with Crippen LogP contribution in [0.25, 0.3) is 0 Å². The summed E-state index contributed by atoms with van der Waals surface area (Å²) < 4.78 is 0. The summed E-state index contributed by atoms with van der Waals surface area (Å²) in [7, 11) is 0. The lowest BCUT2D eigenvalue weighted by Gasteiger charge is -2.25. The van der Waals surface area contributed by atoms with E-state index in [1.54, 1.807) is 26.2 Å². The Balaban J connectivity index is 2.31. The fourth-order valence-electron chi connectivity index (χ4n) is 1.39. The van der Waals surface area contributed by atoms with E-state index in [0.717, 1.165) is 0 Å². The van der Waals surface area contributed by atoms with Gasteiger partial charge in [-0.1, -0.05) is 0 Å². The average Bonchev–Trinajstić information content (AvgIpc) is 2.76. The smallest absolute Gasteiger partial charge is 0.315 e. The number of nitrogens with one attached hydrogen (secondary N) is 3. The summed E-state index contributed by atoms with van der Waals surface area (Å²) in [4.78, 5) is 28.9. The van der Waals surface area contributed by atoms with Crippen molar-refractivity contribution < 1.29 is 14.7 Å². The summed E-state index contributed by atoms with van der Waals surface area (Å²) in [5, 5.41) is 14.0. The van der Waals surface area contributed by atoms with Crippen molar-refractivity contribution in [1.29, 1.82) is 0 Å². The zero-order valence-electron chi connectivity index (χ0n) is 10.5. The number of aromatic nitrogens is 2. The minimum atomic E-state index is -0.874. The maximum Gasteiger partial charge on any atom is 0.315 e. The van der Waals surface area contributed by atoms with Crippen molar-refractivity contribution in [2.24, 2.45) is 0 Å². The summed E-state index contributed by atoms with van der Waals surface area (Å²) in [6.45, 7) is 3.86. The van der Waals surface area contributed by atoms with E-state index in [2.05, 4.69) is 20.6 Å².